The number of aliphatic hydroxyl groups excluding tert-OH is 2. The van der Waals surface area contributed by atoms with Crippen molar-refractivity contribution in [2.75, 3.05) is 37.8 Å². The first-order valence-electron chi connectivity index (χ1n) is 23.0. The lowest BCUT2D eigenvalue weighted by molar-refractivity contribution is -0.347. The number of rotatable bonds is 35. The number of phosphoric acid groups is 3. The predicted molar refractivity (Wildman–Crippen MR) is 256 cm³/mol. The van der Waals surface area contributed by atoms with Gasteiger partial charge in [-0.15, -0.1) is 0 Å². The number of carbonyl (C=O) groups is 4. The molecule has 1 saturated heterocycles. The summed E-state index contributed by atoms with van der Waals surface area (Å²) in [6.07, 6.45) is 18.1. The van der Waals surface area contributed by atoms with E-state index in [-0.39, 0.29) is 59.6 Å². The van der Waals surface area contributed by atoms with Gasteiger partial charge >= 0.3 is 0 Å². The normalized spacial score (nSPS) is 19.9. The number of nitrogen functional groups attached to an aromatic ring is 1. The number of aliphatic hydroxyl groups is 2. The Morgan fingerprint density at radius 3 is 2.19 bits per heavy atom. The monoisotopic (exact) mass is 1090 g/mol. The molecule has 7 atom stereocenters. The van der Waals surface area contributed by atoms with E-state index in [1.165, 1.54) is 13.8 Å². The fourth-order valence-corrected chi connectivity index (χ4v) is 10.0. The molecule has 0 aliphatic carbocycles. The molecular formula is C43H64N7O18P3S-4. The first-order valence-corrected chi connectivity index (χ1v) is 28.4. The zero-order chi connectivity index (χ0) is 53.4. The molecule has 0 bridgehead atoms. The molecule has 2 amide bonds. The number of allylic oxidation sites excluding steroid dienone is 8. The van der Waals surface area contributed by atoms with Gasteiger partial charge in [0.2, 0.25) is 11.8 Å². The maximum atomic E-state index is 12.7. The van der Waals surface area contributed by atoms with Crippen LogP contribution in [0.2, 0.25) is 0 Å². The van der Waals surface area contributed by atoms with Crippen LogP contribution in [-0.2, 0) is 55.5 Å². The number of phosphoric ester groups is 3. The molecule has 0 spiro atoms. The van der Waals surface area contributed by atoms with Gasteiger partial charge in [-0.2, -0.15) is 0 Å². The SMILES string of the molecule is CC/C=C\C/C=C\C/C=C\C/C=C\CCCCCCC(=O)CC(=O)SCCNC(=O)CCNC(=O)[C@H](O)C(C)(C)COP(=O)([O-])OP(=O)([O-])OC[C@H]1O[C@@H](n2cnc3c(N)ncnc32)[C@H](O)[C@@H]1OP(=O)([O-])[O-]. The van der Waals surface area contributed by atoms with E-state index in [1.807, 2.05) is 0 Å². The third-order valence-electron chi connectivity index (χ3n) is 10.4. The Balaban J connectivity index is 1.28. The van der Waals surface area contributed by atoms with Crippen molar-refractivity contribution in [1.29, 1.82) is 0 Å². The Kier molecular flexibility index (Phi) is 27.0. The van der Waals surface area contributed by atoms with E-state index in [0.717, 1.165) is 80.4 Å². The first-order chi connectivity index (χ1) is 33.9. The summed E-state index contributed by atoms with van der Waals surface area (Å²) in [5.74, 6) is -1.57. The fourth-order valence-electron chi connectivity index (χ4n) is 6.61. The molecule has 3 heterocycles. The van der Waals surface area contributed by atoms with E-state index in [4.69, 9.17) is 10.5 Å². The van der Waals surface area contributed by atoms with Crippen molar-refractivity contribution in [1.82, 2.24) is 30.2 Å². The van der Waals surface area contributed by atoms with Crippen molar-refractivity contribution in [3.63, 3.8) is 0 Å². The molecule has 2 aromatic rings. The minimum atomic E-state index is -5.94. The van der Waals surface area contributed by atoms with Gasteiger partial charge in [-0.3, -0.25) is 32.9 Å². The van der Waals surface area contributed by atoms with Gasteiger partial charge in [-0.1, -0.05) is 94.0 Å². The third kappa shape index (κ3) is 23.6. The van der Waals surface area contributed by atoms with E-state index in [9.17, 15) is 62.7 Å². The number of unbranched alkanes of at least 4 members (excludes halogenated alkanes) is 4. The maximum Gasteiger partial charge on any atom is 0.274 e. The predicted octanol–water partition coefficient (Wildman–Crippen LogP) is 2.24. The van der Waals surface area contributed by atoms with Crippen LogP contribution in [0.5, 0.6) is 0 Å². The molecule has 0 aromatic carbocycles. The van der Waals surface area contributed by atoms with E-state index in [2.05, 4.69) is 99.0 Å². The Labute approximate surface area is 421 Å². The fraction of sp³-hybridized carbons (Fsp3) is 0.605. The molecule has 25 nitrogen and oxygen atoms in total. The Hall–Kier alpha value is -3.81. The quantitative estimate of drug-likeness (QED) is 0.0286. The molecule has 404 valence electrons. The highest BCUT2D eigenvalue weighted by Gasteiger charge is 2.47. The second-order valence-corrected chi connectivity index (χ2v) is 22.1. The summed E-state index contributed by atoms with van der Waals surface area (Å²) >= 11 is 0.913. The number of fused-ring (bicyclic) bond motifs is 1. The number of nitrogens with one attached hydrogen (secondary N) is 2. The van der Waals surface area contributed by atoms with E-state index in [1.54, 1.807) is 0 Å². The van der Waals surface area contributed by atoms with Crippen LogP contribution in [0.3, 0.4) is 0 Å². The molecule has 0 saturated carbocycles. The average molecular weight is 1090 g/mol. The second-order valence-electron chi connectivity index (χ2n) is 16.9. The van der Waals surface area contributed by atoms with Gasteiger partial charge in [0, 0.05) is 37.1 Å². The third-order valence-corrected chi connectivity index (χ3v) is 14.3. The van der Waals surface area contributed by atoms with Crippen molar-refractivity contribution < 1.29 is 85.3 Å². The van der Waals surface area contributed by atoms with Crippen LogP contribution in [0.4, 0.5) is 5.82 Å². The molecule has 6 N–H and O–H groups in total. The average Bonchev–Trinajstić information content (AvgIpc) is 3.86. The number of Topliss-reactive ketones (excluding diaryl/α,β-unsaturated/α-hetero) is 1. The molecule has 2 unspecified atom stereocenters. The summed E-state index contributed by atoms with van der Waals surface area (Å²) in [6.45, 7) is 2.02. The van der Waals surface area contributed by atoms with Crippen LogP contribution in [0.25, 0.3) is 11.2 Å². The van der Waals surface area contributed by atoms with E-state index in [0.29, 0.717) is 12.8 Å². The highest BCUT2D eigenvalue weighted by Crippen LogP contribution is 2.56. The standard InChI is InChI=1S/C43H68N7O18P3S/c1-4-5-6-7-8-9-10-11-12-13-14-15-16-17-18-19-20-21-31(51)26-34(53)72-25-24-45-33(52)22-23-46-41(56)38(55)43(2,3)28-65-71(62,63)68-70(60,61)64-27-32-37(67-69(57,58)59)36(54)42(66-32)50-30-49-35-39(44)47-29-48-40(35)50/h5-6,8-9,11-12,14-15,29-30,32,36-38,42,54-55H,4,7,10,13,16-28H2,1-3H3,(H,45,52)(H,46,56)(H,60,61)(H,62,63)(H2,44,47,48)(H2,57,58,59)/p-4/b6-5-,9-8-,12-11-,15-14-/t32-,36-,37-,38+,42-/m1/s1. The number of carbonyl (C=O) groups excluding carboxylic acids is 4. The van der Waals surface area contributed by atoms with E-state index >= 15 is 0 Å². The van der Waals surface area contributed by atoms with Gasteiger partial charge in [0.15, 0.2) is 22.8 Å². The molecular weight excluding hydrogens is 1030 g/mol. The number of nitrogens with zero attached hydrogens (tertiary/aromatic N) is 4. The number of amides is 2. The summed E-state index contributed by atoms with van der Waals surface area (Å²) in [7, 11) is -17.7. The topological polar surface area (TPSA) is 392 Å². The van der Waals surface area contributed by atoms with Crippen LogP contribution in [-0.4, -0.2) is 109 Å². The summed E-state index contributed by atoms with van der Waals surface area (Å²) in [4.78, 5) is 109. The Morgan fingerprint density at radius 1 is 0.889 bits per heavy atom. The number of nitrogens with two attached hydrogens (primary N) is 1. The van der Waals surface area contributed by atoms with Gasteiger partial charge in [0.1, 0.15) is 42.0 Å². The number of aromatic nitrogens is 4. The summed E-state index contributed by atoms with van der Waals surface area (Å²) < 4.78 is 60.8. The van der Waals surface area contributed by atoms with Crippen molar-refractivity contribution in [3.05, 3.63) is 61.3 Å². The summed E-state index contributed by atoms with van der Waals surface area (Å²) in [5, 5.41) is 26.0. The van der Waals surface area contributed by atoms with Crippen molar-refractivity contribution in [2.24, 2.45) is 5.41 Å². The van der Waals surface area contributed by atoms with Crippen LogP contribution in [0.1, 0.15) is 104 Å². The lowest BCUT2D eigenvalue weighted by atomic mass is 9.87. The number of imidazole rings is 1. The number of anilines is 1. The van der Waals surface area contributed by atoms with Crippen LogP contribution < -0.4 is 35.9 Å². The molecule has 3 rings (SSSR count). The maximum absolute atomic E-state index is 12.7. The minimum Gasteiger partial charge on any atom is -0.790 e. The zero-order valence-corrected chi connectivity index (χ0v) is 43.7. The first kappa shape index (κ1) is 62.5. The summed E-state index contributed by atoms with van der Waals surface area (Å²) in [5.41, 5.74) is 4.04. The molecule has 2 aromatic heterocycles. The lowest BCUT2D eigenvalue weighted by Crippen LogP contribution is -2.46. The van der Waals surface area contributed by atoms with Crippen molar-refractivity contribution >= 4 is 74.9 Å². The molecule has 0 radical (unpaired) electrons. The van der Waals surface area contributed by atoms with Crippen LogP contribution in [0, 0.1) is 5.41 Å². The van der Waals surface area contributed by atoms with Gasteiger partial charge in [0.05, 0.1) is 33.8 Å². The number of thioether (sulfide) groups is 1. The van der Waals surface area contributed by atoms with Crippen molar-refractivity contribution in [3.8, 4) is 0 Å². The molecule has 29 heteroatoms. The Bertz CT molecular complexity index is 2340. The molecule has 72 heavy (non-hydrogen) atoms. The van der Waals surface area contributed by atoms with Crippen molar-refractivity contribution in [2.45, 2.75) is 128 Å². The zero-order valence-electron chi connectivity index (χ0n) is 40.2. The van der Waals surface area contributed by atoms with Crippen LogP contribution >= 0.6 is 35.2 Å². The van der Waals surface area contributed by atoms with Gasteiger partial charge in [-0.05, 0) is 44.9 Å². The highest BCUT2D eigenvalue weighted by molar-refractivity contribution is 8.13. The molecule has 1 aliphatic heterocycles. The Morgan fingerprint density at radius 2 is 1.53 bits per heavy atom. The summed E-state index contributed by atoms with van der Waals surface area (Å²) in [6, 6.07) is 0. The largest absolute Gasteiger partial charge is 0.790 e. The highest BCUT2D eigenvalue weighted by atomic mass is 32.2. The number of hydrogen-bond acceptors (Lipinski definition) is 23. The second kappa shape index (κ2) is 31.2. The molecule has 1 fully saturated rings. The van der Waals surface area contributed by atoms with Gasteiger partial charge in [-0.25, -0.2) is 19.3 Å². The lowest BCUT2D eigenvalue weighted by Gasteiger charge is -2.36. The molecule has 1 aliphatic rings. The van der Waals surface area contributed by atoms with Crippen LogP contribution in [0.15, 0.2) is 61.3 Å². The smallest absolute Gasteiger partial charge is 0.274 e. The number of ketones is 1. The van der Waals surface area contributed by atoms with Gasteiger partial charge in [0.25, 0.3) is 15.6 Å². The number of ether oxygens (including phenoxy) is 1. The van der Waals surface area contributed by atoms with Gasteiger partial charge < -0.3 is 69.0 Å². The van der Waals surface area contributed by atoms with E-state index < -0.39 is 84.6 Å². The minimum absolute atomic E-state index is 0.0279. The number of hydrogen-bond donors (Lipinski definition) is 5.